The van der Waals surface area contributed by atoms with E-state index in [2.05, 4.69) is 6.92 Å². The van der Waals surface area contributed by atoms with Crippen LogP contribution >= 0.6 is 11.6 Å². The molecule has 0 spiro atoms. The summed E-state index contributed by atoms with van der Waals surface area (Å²) in [5.41, 5.74) is 1.51. The minimum atomic E-state index is -0.518. The Bertz CT molecular complexity index is 832. The lowest BCUT2D eigenvalue weighted by Crippen LogP contribution is -2.15. The third-order valence-electron chi connectivity index (χ3n) is 5.64. The lowest BCUT2D eigenvalue weighted by Gasteiger charge is -2.10. The van der Waals surface area contributed by atoms with Crippen LogP contribution in [0.1, 0.15) is 97.4 Å². The maximum Gasteiger partial charge on any atom is 0.339 e. The van der Waals surface area contributed by atoms with Gasteiger partial charge in [-0.15, -0.1) is 0 Å². The Morgan fingerprint density at radius 1 is 0.667 bits per heavy atom. The fourth-order valence-corrected chi connectivity index (χ4v) is 3.79. The van der Waals surface area contributed by atoms with Gasteiger partial charge < -0.3 is 9.47 Å². The van der Waals surface area contributed by atoms with Gasteiger partial charge in [-0.2, -0.15) is 0 Å². The van der Waals surface area contributed by atoms with Crippen molar-refractivity contribution in [1.29, 1.82) is 0 Å². The van der Waals surface area contributed by atoms with Gasteiger partial charge in [-0.3, -0.25) is 0 Å². The molecule has 0 aromatic heterocycles. The van der Waals surface area contributed by atoms with Crippen molar-refractivity contribution in [3.63, 3.8) is 0 Å². The van der Waals surface area contributed by atoms with Gasteiger partial charge in [-0.05, 0) is 36.2 Å². The molecule has 0 radical (unpaired) electrons. The van der Waals surface area contributed by atoms with Crippen LogP contribution in [0.15, 0.2) is 48.5 Å². The summed E-state index contributed by atoms with van der Waals surface area (Å²) in [6, 6.07) is 14.1. The van der Waals surface area contributed by atoms with Crippen LogP contribution in [-0.4, -0.2) is 25.2 Å². The first kappa shape index (κ1) is 26.9. The zero-order valence-electron chi connectivity index (χ0n) is 19.8. The fraction of sp³-hybridized carbons (Fsp3) is 0.500. The number of halogens is 1. The molecule has 0 aliphatic heterocycles. The van der Waals surface area contributed by atoms with Gasteiger partial charge >= 0.3 is 11.9 Å². The fourth-order valence-electron chi connectivity index (χ4n) is 3.66. The lowest BCUT2D eigenvalue weighted by atomic mass is 10.1. The quantitative estimate of drug-likeness (QED) is 0.184. The molecule has 0 heterocycles. The predicted octanol–water partition coefficient (Wildman–Crippen LogP) is 7.82. The van der Waals surface area contributed by atoms with Crippen LogP contribution in [0, 0.1) is 0 Å². The van der Waals surface area contributed by atoms with E-state index < -0.39 is 11.9 Å². The molecular formula is C28H37ClO4. The van der Waals surface area contributed by atoms with Gasteiger partial charge in [0.25, 0.3) is 0 Å². The highest BCUT2D eigenvalue weighted by atomic mass is 35.5. The second-order valence-corrected chi connectivity index (χ2v) is 8.81. The van der Waals surface area contributed by atoms with E-state index in [1.165, 1.54) is 51.4 Å². The van der Waals surface area contributed by atoms with E-state index in [0.717, 1.165) is 18.4 Å². The summed E-state index contributed by atoms with van der Waals surface area (Å²) in [4.78, 5) is 25.0. The number of ether oxygens (including phenoxy) is 2. The van der Waals surface area contributed by atoms with Crippen molar-refractivity contribution < 1.29 is 19.1 Å². The van der Waals surface area contributed by atoms with Crippen LogP contribution in [0.2, 0.25) is 5.02 Å². The standard InChI is InChI=1S/C28H37ClO4/c1-2-3-4-5-6-7-8-9-10-13-21-32-27(30)25-14-11-12-15-26(25)28(31)33-22-20-23-16-18-24(29)19-17-23/h11-12,14-19H,2-10,13,20-22H2,1H3. The van der Waals surface area contributed by atoms with Crippen molar-refractivity contribution in [1.82, 2.24) is 0 Å². The van der Waals surface area contributed by atoms with Crippen molar-refractivity contribution in [3.05, 3.63) is 70.2 Å². The Balaban J connectivity index is 1.66. The summed E-state index contributed by atoms with van der Waals surface area (Å²) < 4.78 is 10.8. The van der Waals surface area contributed by atoms with E-state index in [0.29, 0.717) is 18.1 Å². The first-order valence-electron chi connectivity index (χ1n) is 12.3. The van der Waals surface area contributed by atoms with Gasteiger partial charge in [-0.25, -0.2) is 9.59 Å². The van der Waals surface area contributed by atoms with Crippen LogP contribution in [0.3, 0.4) is 0 Å². The molecule has 0 bridgehead atoms. The highest BCUT2D eigenvalue weighted by Gasteiger charge is 2.18. The van der Waals surface area contributed by atoms with E-state index >= 15 is 0 Å². The lowest BCUT2D eigenvalue weighted by molar-refractivity contribution is 0.0455. The molecule has 180 valence electrons. The maximum absolute atomic E-state index is 12.5. The number of rotatable bonds is 16. The molecule has 2 aromatic rings. The van der Waals surface area contributed by atoms with E-state index in [9.17, 15) is 9.59 Å². The molecule has 33 heavy (non-hydrogen) atoms. The van der Waals surface area contributed by atoms with Crippen LogP contribution in [0.5, 0.6) is 0 Å². The zero-order chi connectivity index (χ0) is 23.7. The molecule has 0 saturated heterocycles. The highest BCUT2D eigenvalue weighted by molar-refractivity contribution is 6.30. The number of carbonyl (C=O) groups excluding carboxylic acids is 2. The van der Waals surface area contributed by atoms with Crippen LogP contribution in [-0.2, 0) is 15.9 Å². The molecule has 0 unspecified atom stereocenters. The van der Waals surface area contributed by atoms with Gasteiger partial charge in [0.1, 0.15) is 0 Å². The molecule has 0 amide bonds. The first-order chi connectivity index (χ1) is 16.1. The van der Waals surface area contributed by atoms with Gasteiger partial charge in [-0.1, -0.05) is 101 Å². The normalized spacial score (nSPS) is 10.7. The van der Waals surface area contributed by atoms with Crippen LogP contribution in [0.25, 0.3) is 0 Å². The van der Waals surface area contributed by atoms with Crippen molar-refractivity contribution in [2.24, 2.45) is 0 Å². The maximum atomic E-state index is 12.5. The Kier molecular flexibility index (Phi) is 13.3. The van der Waals surface area contributed by atoms with Gasteiger partial charge in [0.2, 0.25) is 0 Å². The number of esters is 2. The SMILES string of the molecule is CCCCCCCCCCCCOC(=O)c1ccccc1C(=O)OCCc1ccc(Cl)cc1. The molecule has 0 N–H and O–H groups in total. The van der Waals surface area contributed by atoms with Gasteiger partial charge in [0, 0.05) is 11.4 Å². The minimum Gasteiger partial charge on any atom is -0.462 e. The van der Waals surface area contributed by atoms with E-state index in [4.69, 9.17) is 21.1 Å². The first-order valence-corrected chi connectivity index (χ1v) is 12.7. The summed E-state index contributed by atoms with van der Waals surface area (Å²) in [7, 11) is 0. The molecule has 0 fully saturated rings. The van der Waals surface area contributed by atoms with Crippen molar-refractivity contribution in [2.45, 2.75) is 77.6 Å². The van der Waals surface area contributed by atoms with Gasteiger partial charge in [0.05, 0.1) is 24.3 Å². The molecular weight excluding hydrogens is 436 g/mol. The number of unbranched alkanes of at least 4 members (excludes halogenated alkanes) is 9. The Morgan fingerprint density at radius 3 is 1.70 bits per heavy atom. The molecule has 0 aliphatic carbocycles. The Hall–Kier alpha value is -2.33. The van der Waals surface area contributed by atoms with E-state index in [1.54, 1.807) is 36.4 Å². The topological polar surface area (TPSA) is 52.6 Å². The molecule has 0 aliphatic rings. The molecule has 2 aromatic carbocycles. The summed E-state index contributed by atoms with van der Waals surface area (Å²) >= 11 is 5.89. The predicted molar refractivity (Wildman–Crippen MR) is 134 cm³/mol. The van der Waals surface area contributed by atoms with Gasteiger partial charge in [0.15, 0.2) is 0 Å². The van der Waals surface area contributed by atoms with E-state index in [-0.39, 0.29) is 17.7 Å². The number of carbonyl (C=O) groups is 2. The van der Waals surface area contributed by atoms with Crippen molar-refractivity contribution >= 4 is 23.5 Å². The van der Waals surface area contributed by atoms with Crippen molar-refractivity contribution in [3.8, 4) is 0 Å². The highest BCUT2D eigenvalue weighted by Crippen LogP contribution is 2.15. The average molecular weight is 473 g/mol. The Labute approximate surface area is 203 Å². The number of benzene rings is 2. The third kappa shape index (κ3) is 10.9. The monoisotopic (exact) mass is 472 g/mol. The van der Waals surface area contributed by atoms with E-state index in [1.807, 2.05) is 12.1 Å². The number of hydrogen-bond acceptors (Lipinski definition) is 4. The minimum absolute atomic E-state index is 0.225. The summed E-state index contributed by atoms with van der Waals surface area (Å²) in [6.45, 7) is 2.83. The summed E-state index contributed by atoms with van der Waals surface area (Å²) in [5, 5.41) is 0.668. The largest absolute Gasteiger partial charge is 0.462 e. The Morgan fingerprint density at radius 2 is 1.15 bits per heavy atom. The molecule has 2 rings (SSSR count). The average Bonchev–Trinajstić information content (AvgIpc) is 2.83. The zero-order valence-corrected chi connectivity index (χ0v) is 20.6. The summed E-state index contributed by atoms with van der Waals surface area (Å²) in [5.74, 6) is -0.994. The smallest absolute Gasteiger partial charge is 0.339 e. The number of hydrogen-bond donors (Lipinski definition) is 0. The van der Waals surface area contributed by atoms with Crippen molar-refractivity contribution in [2.75, 3.05) is 13.2 Å². The molecule has 5 heteroatoms. The van der Waals surface area contributed by atoms with Crippen LogP contribution < -0.4 is 0 Å². The third-order valence-corrected chi connectivity index (χ3v) is 5.89. The van der Waals surface area contributed by atoms with Crippen LogP contribution in [0.4, 0.5) is 0 Å². The molecule has 4 nitrogen and oxygen atoms in total. The molecule has 0 saturated carbocycles. The molecule has 0 atom stereocenters. The second kappa shape index (κ2) is 16.3. The second-order valence-electron chi connectivity index (χ2n) is 8.38. The summed E-state index contributed by atoms with van der Waals surface area (Å²) in [6.07, 6.45) is 12.8.